The van der Waals surface area contributed by atoms with E-state index in [0.717, 1.165) is 18.3 Å². The van der Waals surface area contributed by atoms with Gasteiger partial charge < -0.3 is 15.5 Å². The normalized spacial score (nSPS) is 15.9. The average Bonchev–Trinajstić information content (AvgIpc) is 2.70. The zero-order valence-electron chi connectivity index (χ0n) is 15.9. The quantitative estimate of drug-likeness (QED) is 0.701. The Morgan fingerprint density at radius 1 is 1.07 bits per heavy atom. The van der Waals surface area contributed by atoms with Gasteiger partial charge >= 0.3 is 0 Å². The van der Waals surface area contributed by atoms with Gasteiger partial charge in [0, 0.05) is 16.9 Å². The molecule has 0 saturated heterocycles. The van der Waals surface area contributed by atoms with Crippen LogP contribution in [0.5, 0.6) is 0 Å². The summed E-state index contributed by atoms with van der Waals surface area (Å²) in [4.78, 5) is 13.7. The number of rotatable bonds is 7. The summed E-state index contributed by atoms with van der Waals surface area (Å²) in [5, 5.41) is 6.03. The van der Waals surface area contributed by atoms with Crippen molar-refractivity contribution < 1.29 is 14.1 Å². The molecule has 1 amide bonds. The summed E-state index contributed by atoms with van der Waals surface area (Å²) in [6.07, 6.45) is 6.66. The van der Waals surface area contributed by atoms with Crippen molar-refractivity contribution in [2.24, 2.45) is 0 Å². The van der Waals surface area contributed by atoms with Gasteiger partial charge in [0.15, 0.2) is 0 Å². The van der Waals surface area contributed by atoms with Gasteiger partial charge in [-0.25, -0.2) is 4.39 Å². The summed E-state index contributed by atoms with van der Waals surface area (Å²) in [6.45, 7) is 1.13. The lowest BCUT2D eigenvalue weighted by molar-refractivity contribution is -0.921. The average molecular weight is 370 g/mol. The lowest BCUT2D eigenvalue weighted by atomic mass is 9.94. The third-order valence-corrected chi connectivity index (χ3v) is 5.36. The molecule has 1 saturated carbocycles. The first kappa shape index (κ1) is 19.4. The number of hydrogen-bond donors (Lipinski definition) is 3. The molecule has 0 spiro atoms. The van der Waals surface area contributed by atoms with Crippen molar-refractivity contribution in [2.45, 2.75) is 44.7 Å². The Labute approximate surface area is 160 Å². The topological polar surface area (TPSA) is 45.6 Å². The number of halogens is 1. The van der Waals surface area contributed by atoms with Crippen LogP contribution in [0.2, 0.25) is 0 Å². The van der Waals surface area contributed by atoms with Crippen LogP contribution in [0.1, 0.15) is 37.7 Å². The third-order valence-electron chi connectivity index (χ3n) is 5.36. The van der Waals surface area contributed by atoms with E-state index in [1.54, 1.807) is 17.0 Å². The smallest absolute Gasteiger partial charge is 0.243 e. The van der Waals surface area contributed by atoms with Crippen LogP contribution in [-0.4, -0.2) is 25.5 Å². The Kier molecular flexibility index (Phi) is 6.82. The fourth-order valence-electron chi connectivity index (χ4n) is 3.80. The predicted molar refractivity (Wildman–Crippen MR) is 107 cm³/mol. The number of carbonyl (C=O) groups is 1. The SMILES string of the molecule is C[NH+](Cc1ccccc1NCC(=O)Nc1ccc(F)cc1)C1CCCCC1. The van der Waals surface area contributed by atoms with E-state index in [1.807, 2.05) is 18.2 Å². The van der Waals surface area contributed by atoms with Crippen LogP contribution in [0.15, 0.2) is 48.5 Å². The van der Waals surface area contributed by atoms with Crippen molar-refractivity contribution in [3.63, 3.8) is 0 Å². The molecular formula is C22H29FN3O+. The maximum atomic E-state index is 12.9. The molecule has 0 aromatic heterocycles. The first-order valence-electron chi connectivity index (χ1n) is 9.81. The molecule has 3 rings (SSSR count). The number of benzene rings is 2. The Morgan fingerprint density at radius 2 is 1.78 bits per heavy atom. The Bertz CT molecular complexity index is 741. The van der Waals surface area contributed by atoms with Crippen molar-refractivity contribution in [3.05, 3.63) is 59.9 Å². The summed E-state index contributed by atoms with van der Waals surface area (Å²) in [5.74, 6) is -0.464. The Balaban J connectivity index is 1.55. The fourth-order valence-corrected chi connectivity index (χ4v) is 3.80. The van der Waals surface area contributed by atoms with Crippen molar-refractivity contribution in [1.82, 2.24) is 0 Å². The van der Waals surface area contributed by atoms with Crippen LogP contribution in [0, 0.1) is 5.82 Å². The molecule has 0 heterocycles. The molecule has 0 aliphatic heterocycles. The predicted octanol–water partition coefficient (Wildman–Crippen LogP) is 3.22. The molecule has 3 N–H and O–H groups in total. The summed E-state index contributed by atoms with van der Waals surface area (Å²) in [5.41, 5.74) is 2.83. The molecule has 1 aliphatic carbocycles. The number of carbonyl (C=O) groups excluding carboxylic acids is 1. The lowest BCUT2D eigenvalue weighted by Gasteiger charge is -2.28. The van der Waals surface area contributed by atoms with E-state index in [-0.39, 0.29) is 18.3 Å². The van der Waals surface area contributed by atoms with Crippen LogP contribution in [0.25, 0.3) is 0 Å². The van der Waals surface area contributed by atoms with Crippen molar-refractivity contribution >= 4 is 17.3 Å². The minimum atomic E-state index is -0.315. The first-order chi connectivity index (χ1) is 13.1. The van der Waals surface area contributed by atoms with Gasteiger partial charge in [-0.05, 0) is 56.0 Å². The summed E-state index contributed by atoms with van der Waals surface area (Å²) in [7, 11) is 2.27. The monoisotopic (exact) mass is 370 g/mol. The van der Waals surface area contributed by atoms with Crippen LogP contribution in [0.4, 0.5) is 15.8 Å². The van der Waals surface area contributed by atoms with E-state index >= 15 is 0 Å². The summed E-state index contributed by atoms with van der Waals surface area (Å²) in [6, 6.07) is 14.7. The number of quaternary nitrogens is 1. The molecule has 144 valence electrons. The van der Waals surface area contributed by atoms with E-state index < -0.39 is 0 Å². The highest BCUT2D eigenvalue weighted by Gasteiger charge is 2.22. The zero-order valence-corrected chi connectivity index (χ0v) is 15.9. The number of amides is 1. The van der Waals surface area contributed by atoms with E-state index in [1.165, 1.54) is 49.8 Å². The molecule has 1 fully saturated rings. The second-order valence-electron chi connectivity index (χ2n) is 7.42. The van der Waals surface area contributed by atoms with E-state index in [0.29, 0.717) is 5.69 Å². The third kappa shape index (κ3) is 5.79. The number of anilines is 2. The van der Waals surface area contributed by atoms with Gasteiger partial charge in [0.2, 0.25) is 5.91 Å². The maximum Gasteiger partial charge on any atom is 0.243 e. The van der Waals surface area contributed by atoms with Gasteiger partial charge in [0.05, 0.1) is 19.6 Å². The minimum absolute atomic E-state index is 0.149. The zero-order chi connectivity index (χ0) is 19.1. The molecule has 1 unspecified atom stereocenters. The molecule has 2 aromatic carbocycles. The highest BCUT2D eigenvalue weighted by Crippen LogP contribution is 2.17. The molecule has 5 heteroatoms. The molecule has 0 radical (unpaired) electrons. The molecular weight excluding hydrogens is 341 g/mol. The van der Waals surface area contributed by atoms with E-state index in [2.05, 4.69) is 23.7 Å². The molecule has 27 heavy (non-hydrogen) atoms. The van der Waals surface area contributed by atoms with Crippen molar-refractivity contribution in [2.75, 3.05) is 24.2 Å². The summed E-state index contributed by atoms with van der Waals surface area (Å²) >= 11 is 0. The van der Waals surface area contributed by atoms with Crippen LogP contribution in [-0.2, 0) is 11.3 Å². The van der Waals surface area contributed by atoms with Gasteiger partial charge in [-0.2, -0.15) is 0 Å². The highest BCUT2D eigenvalue weighted by molar-refractivity contribution is 5.93. The largest absolute Gasteiger partial charge is 0.376 e. The molecule has 1 atom stereocenters. The van der Waals surface area contributed by atoms with Gasteiger partial charge in [0.1, 0.15) is 12.4 Å². The number of hydrogen-bond acceptors (Lipinski definition) is 2. The molecule has 4 nitrogen and oxygen atoms in total. The highest BCUT2D eigenvalue weighted by atomic mass is 19.1. The van der Waals surface area contributed by atoms with Crippen LogP contribution in [0.3, 0.4) is 0 Å². The fraction of sp³-hybridized carbons (Fsp3) is 0.409. The van der Waals surface area contributed by atoms with Crippen LogP contribution < -0.4 is 15.5 Å². The van der Waals surface area contributed by atoms with Gasteiger partial charge in [-0.15, -0.1) is 0 Å². The number of para-hydroxylation sites is 1. The van der Waals surface area contributed by atoms with Crippen molar-refractivity contribution in [3.8, 4) is 0 Å². The Hall–Kier alpha value is -2.40. The van der Waals surface area contributed by atoms with Crippen molar-refractivity contribution in [1.29, 1.82) is 0 Å². The lowest BCUT2D eigenvalue weighted by Crippen LogP contribution is -3.11. The standard InChI is InChI=1S/C22H28FN3O/c1-26(20-8-3-2-4-9-20)16-17-7-5-6-10-21(17)24-15-22(27)25-19-13-11-18(23)12-14-19/h5-7,10-14,20,24H,2-4,8-9,15-16H2,1H3,(H,25,27)/p+1. The Morgan fingerprint density at radius 3 is 2.52 bits per heavy atom. The van der Waals surface area contributed by atoms with Crippen LogP contribution >= 0.6 is 0 Å². The second-order valence-corrected chi connectivity index (χ2v) is 7.42. The molecule has 0 bridgehead atoms. The van der Waals surface area contributed by atoms with E-state index in [9.17, 15) is 9.18 Å². The van der Waals surface area contributed by atoms with E-state index in [4.69, 9.17) is 0 Å². The van der Waals surface area contributed by atoms with Gasteiger partial charge in [-0.3, -0.25) is 4.79 Å². The molecule has 1 aliphatic rings. The molecule has 2 aromatic rings. The number of nitrogens with one attached hydrogen (secondary N) is 3. The van der Waals surface area contributed by atoms with Gasteiger partial charge in [0.25, 0.3) is 0 Å². The minimum Gasteiger partial charge on any atom is -0.376 e. The van der Waals surface area contributed by atoms with Gasteiger partial charge in [-0.1, -0.05) is 24.6 Å². The first-order valence-corrected chi connectivity index (χ1v) is 9.81. The maximum absolute atomic E-state index is 12.9. The second kappa shape index (κ2) is 9.51. The summed E-state index contributed by atoms with van der Waals surface area (Å²) < 4.78 is 12.9.